The molecule has 118 valence electrons. The van der Waals surface area contributed by atoms with Crippen molar-refractivity contribution in [2.24, 2.45) is 0 Å². The summed E-state index contributed by atoms with van der Waals surface area (Å²) in [6.45, 7) is 8.09. The quantitative estimate of drug-likeness (QED) is 0.642. The first kappa shape index (κ1) is 16.8. The van der Waals surface area contributed by atoms with E-state index in [1.165, 1.54) is 6.07 Å². The van der Waals surface area contributed by atoms with Crippen molar-refractivity contribution >= 4 is 16.6 Å². The maximum atomic E-state index is 12.7. The van der Waals surface area contributed by atoms with Crippen molar-refractivity contribution in [2.75, 3.05) is 0 Å². The normalized spacial score (nSPS) is 10.1. The molecule has 0 saturated heterocycles. The van der Waals surface area contributed by atoms with Gasteiger partial charge in [0.2, 0.25) is 0 Å². The van der Waals surface area contributed by atoms with Crippen molar-refractivity contribution < 1.29 is 9.90 Å². The number of para-hydroxylation sites is 1. The zero-order chi connectivity index (χ0) is 17.0. The molecule has 3 rings (SSSR count). The van der Waals surface area contributed by atoms with Crippen molar-refractivity contribution in [3.8, 4) is 5.75 Å². The fraction of sp³-hybridized carbons (Fsp3) is 0.190. The van der Waals surface area contributed by atoms with Crippen LogP contribution in [0.4, 0.5) is 0 Å². The lowest BCUT2D eigenvalue weighted by molar-refractivity contribution is 0.103. The molecule has 0 aromatic heterocycles. The number of carbonyl (C=O) groups is 1. The summed E-state index contributed by atoms with van der Waals surface area (Å²) in [5.74, 6) is -0.132. The molecule has 3 aromatic carbocycles. The van der Waals surface area contributed by atoms with Crippen LogP contribution in [0.15, 0.2) is 54.6 Å². The number of hydrogen-bond acceptors (Lipinski definition) is 2. The number of phenolic OH excluding ortho intramolecular Hbond substituents is 1. The van der Waals surface area contributed by atoms with Gasteiger partial charge < -0.3 is 5.11 Å². The second-order valence-electron chi connectivity index (χ2n) is 5.27. The Morgan fingerprint density at radius 2 is 1.43 bits per heavy atom. The third kappa shape index (κ3) is 3.11. The highest BCUT2D eigenvalue weighted by Crippen LogP contribution is 2.29. The van der Waals surface area contributed by atoms with E-state index >= 15 is 0 Å². The number of aromatic hydroxyl groups is 1. The van der Waals surface area contributed by atoms with Gasteiger partial charge in [-0.05, 0) is 47.9 Å². The summed E-state index contributed by atoms with van der Waals surface area (Å²) >= 11 is 0. The lowest BCUT2D eigenvalue weighted by Gasteiger charge is -2.11. The van der Waals surface area contributed by atoms with Crippen LogP contribution >= 0.6 is 0 Å². The minimum Gasteiger partial charge on any atom is -0.507 e. The molecule has 0 unspecified atom stereocenters. The molecule has 2 heteroatoms. The highest BCUT2D eigenvalue weighted by atomic mass is 16.3. The van der Waals surface area contributed by atoms with Gasteiger partial charge in [0.05, 0.1) is 5.56 Å². The minimum absolute atomic E-state index is 0.0175. The Labute approximate surface area is 137 Å². The van der Waals surface area contributed by atoms with Gasteiger partial charge in [0, 0.05) is 5.56 Å². The first-order valence-electron chi connectivity index (χ1n) is 7.91. The zero-order valence-corrected chi connectivity index (χ0v) is 14.1. The number of aryl methyl sites for hydroxylation is 2. The molecule has 0 aliphatic heterocycles. The molecular formula is C21H22O2. The van der Waals surface area contributed by atoms with E-state index in [1.54, 1.807) is 18.2 Å². The van der Waals surface area contributed by atoms with Gasteiger partial charge in [0.25, 0.3) is 0 Å². The topological polar surface area (TPSA) is 37.3 Å². The molecule has 0 atom stereocenters. The maximum Gasteiger partial charge on any atom is 0.197 e. The Morgan fingerprint density at radius 3 is 2.13 bits per heavy atom. The molecule has 0 bridgehead atoms. The van der Waals surface area contributed by atoms with E-state index in [9.17, 15) is 9.90 Å². The van der Waals surface area contributed by atoms with Gasteiger partial charge in [-0.15, -0.1) is 0 Å². The summed E-state index contributed by atoms with van der Waals surface area (Å²) in [4.78, 5) is 12.7. The van der Waals surface area contributed by atoms with Crippen LogP contribution in [0.25, 0.3) is 10.8 Å². The fourth-order valence-electron chi connectivity index (χ4n) is 2.81. The first-order valence-corrected chi connectivity index (χ1v) is 7.91. The van der Waals surface area contributed by atoms with Gasteiger partial charge in [-0.3, -0.25) is 4.79 Å². The molecule has 0 spiro atoms. The number of rotatable bonds is 2. The summed E-state index contributed by atoms with van der Waals surface area (Å²) in [6, 6.07) is 16.4. The van der Waals surface area contributed by atoms with Crippen LogP contribution in [-0.4, -0.2) is 10.9 Å². The molecule has 3 aromatic rings. The van der Waals surface area contributed by atoms with Gasteiger partial charge in [-0.2, -0.15) is 0 Å². The van der Waals surface area contributed by atoms with Crippen molar-refractivity contribution in [3.63, 3.8) is 0 Å². The first-order chi connectivity index (χ1) is 11.1. The number of ketones is 1. The van der Waals surface area contributed by atoms with Crippen molar-refractivity contribution in [1.82, 2.24) is 0 Å². The SMILES string of the molecule is CC.Cc1cccc2c(C(=O)c3ccccc3O)ccc(C)c12. The van der Waals surface area contributed by atoms with Crippen LogP contribution in [0, 0.1) is 13.8 Å². The summed E-state index contributed by atoms with van der Waals surface area (Å²) in [5, 5.41) is 11.9. The second kappa shape index (κ2) is 7.10. The van der Waals surface area contributed by atoms with Crippen LogP contribution in [0.3, 0.4) is 0 Å². The third-order valence-corrected chi connectivity index (χ3v) is 3.85. The van der Waals surface area contributed by atoms with E-state index in [-0.39, 0.29) is 11.5 Å². The van der Waals surface area contributed by atoms with Gasteiger partial charge in [0.15, 0.2) is 5.78 Å². The number of fused-ring (bicyclic) bond motifs is 1. The number of carbonyl (C=O) groups excluding carboxylic acids is 1. The molecule has 0 amide bonds. The molecule has 1 N–H and O–H groups in total. The number of hydrogen-bond donors (Lipinski definition) is 1. The number of benzene rings is 3. The highest BCUT2D eigenvalue weighted by Gasteiger charge is 2.16. The Kier molecular flexibility index (Phi) is 5.17. The Hall–Kier alpha value is -2.61. The van der Waals surface area contributed by atoms with Crippen LogP contribution in [-0.2, 0) is 0 Å². The zero-order valence-electron chi connectivity index (χ0n) is 14.1. The van der Waals surface area contributed by atoms with Crippen molar-refractivity contribution in [3.05, 3.63) is 76.9 Å². The van der Waals surface area contributed by atoms with E-state index in [0.29, 0.717) is 11.1 Å². The highest BCUT2D eigenvalue weighted by molar-refractivity contribution is 6.18. The summed E-state index contributed by atoms with van der Waals surface area (Å²) < 4.78 is 0. The Bertz CT molecular complexity index is 839. The van der Waals surface area contributed by atoms with Crippen LogP contribution in [0.5, 0.6) is 5.75 Å². The molecule has 0 heterocycles. The van der Waals surface area contributed by atoms with Gasteiger partial charge in [-0.25, -0.2) is 0 Å². The van der Waals surface area contributed by atoms with Crippen LogP contribution in [0.1, 0.15) is 40.9 Å². The average Bonchev–Trinajstić information content (AvgIpc) is 2.57. The molecule has 0 radical (unpaired) electrons. The molecule has 0 saturated carbocycles. The monoisotopic (exact) mass is 306 g/mol. The van der Waals surface area contributed by atoms with E-state index < -0.39 is 0 Å². The Balaban J connectivity index is 0.000000924. The summed E-state index contributed by atoms with van der Waals surface area (Å²) in [6.07, 6.45) is 0. The van der Waals surface area contributed by atoms with Gasteiger partial charge in [-0.1, -0.05) is 56.3 Å². The molecule has 23 heavy (non-hydrogen) atoms. The van der Waals surface area contributed by atoms with E-state index in [4.69, 9.17) is 0 Å². The van der Waals surface area contributed by atoms with E-state index in [0.717, 1.165) is 21.9 Å². The van der Waals surface area contributed by atoms with Crippen LogP contribution < -0.4 is 0 Å². The van der Waals surface area contributed by atoms with Crippen LogP contribution in [0.2, 0.25) is 0 Å². The smallest absolute Gasteiger partial charge is 0.197 e. The lowest BCUT2D eigenvalue weighted by atomic mass is 9.92. The summed E-state index contributed by atoms with van der Waals surface area (Å²) in [7, 11) is 0. The van der Waals surface area contributed by atoms with E-state index in [1.807, 2.05) is 58.0 Å². The van der Waals surface area contributed by atoms with Crippen molar-refractivity contribution in [1.29, 1.82) is 0 Å². The lowest BCUT2D eigenvalue weighted by Crippen LogP contribution is -2.03. The maximum absolute atomic E-state index is 12.7. The molecule has 0 fully saturated rings. The minimum atomic E-state index is -0.149. The van der Waals surface area contributed by atoms with Gasteiger partial charge in [0.1, 0.15) is 5.75 Å². The second-order valence-corrected chi connectivity index (χ2v) is 5.27. The standard InChI is InChI=1S/C19H16O2.C2H6/c1-12-6-5-8-14-15(11-10-13(2)18(12)14)19(21)16-7-3-4-9-17(16)20;1-2/h3-11,20H,1-2H3;1-2H3. The summed E-state index contributed by atoms with van der Waals surface area (Å²) in [5.41, 5.74) is 3.26. The molecule has 2 nitrogen and oxygen atoms in total. The third-order valence-electron chi connectivity index (χ3n) is 3.85. The number of phenols is 1. The average molecular weight is 306 g/mol. The Morgan fingerprint density at radius 1 is 0.783 bits per heavy atom. The predicted octanol–water partition coefficient (Wildman–Crippen LogP) is 5.42. The fourth-order valence-corrected chi connectivity index (χ4v) is 2.81. The predicted molar refractivity (Wildman–Crippen MR) is 96.3 cm³/mol. The molecule has 0 aliphatic rings. The van der Waals surface area contributed by atoms with Crippen molar-refractivity contribution in [2.45, 2.75) is 27.7 Å². The largest absolute Gasteiger partial charge is 0.507 e. The molecular weight excluding hydrogens is 284 g/mol. The molecule has 0 aliphatic carbocycles. The van der Waals surface area contributed by atoms with E-state index in [2.05, 4.69) is 0 Å². The van der Waals surface area contributed by atoms with Gasteiger partial charge >= 0.3 is 0 Å².